The molecule has 0 saturated carbocycles. The maximum absolute atomic E-state index is 6.12. The van der Waals surface area contributed by atoms with Gasteiger partial charge in [0.05, 0.1) is 22.9 Å². The van der Waals surface area contributed by atoms with Crippen molar-refractivity contribution in [1.82, 2.24) is 14.8 Å². The second kappa shape index (κ2) is 4.82. The number of aromatic nitrogens is 3. The molecule has 1 aromatic heterocycles. The molecule has 3 heterocycles. The molecule has 0 bridgehead atoms. The molecule has 3 aromatic rings. The second-order valence-corrected chi connectivity index (χ2v) is 6.94. The summed E-state index contributed by atoms with van der Waals surface area (Å²) in [6.45, 7) is 0.982. The minimum atomic E-state index is 0.327. The van der Waals surface area contributed by atoms with Crippen molar-refractivity contribution in [1.29, 1.82) is 0 Å². The molecule has 114 valence electrons. The van der Waals surface area contributed by atoms with Gasteiger partial charge in [0.15, 0.2) is 11.6 Å². The molecule has 0 fully saturated rings. The first-order valence-corrected chi connectivity index (χ1v) is 8.80. The summed E-state index contributed by atoms with van der Waals surface area (Å²) >= 11 is 9.71. The van der Waals surface area contributed by atoms with Crippen LogP contribution in [0, 0.1) is 0 Å². The molecule has 5 rings (SSSR count). The van der Waals surface area contributed by atoms with Crippen LogP contribution in [0.15, 0.2) is 40.9 Å². The van der Waals surface area contributed by atoms with Crippen LogP contribution in [0.5, 0.6) is 0 Å². The average Bonchev–Trinajstić information content (AvgIpc) is 3.15. The molecule has 23 heavy (non-hydrogen) atoms. The van der Waals surface area contributed by atoms with Gasteiger partial charge in [-0.1, -0.05) is 28.1 Å². The largest absolute Gasteiger partial charge is 0.339 e. The molecule has 2 aromatic carbocycles. The van der Waals surface area contributed by atoms with Gasteiger partial charge in [-0.2, -0.15) is 0 Å². The van der Waals surface area contributed by atoms with Crippen molar-refractivity contribution < 1.29 is 0 Å². The number of rotatable bonds is 1. The summed E-state index contributed by atoms with van der Waals surface area (Å²) in [5.41, 5.74) is 5.98. The molecule has 0 N–H and O–H groups in total. The van der Waals surface area contributed by atoms with Crippen LogP contribution in [-0.4, -0.2) is 21.3 Å². The number of benzene rings is 2. The fraction of sp³-hybridized carbons (Fsp3) is 0.176. The third-order valence-electron chi connectivity index (χ3n) is 4.55. The number of anilines is 2. The second-order valence-electron chi connectivity index (χ2n) is 5.76. The maximum atomic E-state index is 6.12. The van der Waals surface area contributed by atoms with E-state index in [-0.39, 0.29) is 0 Å². The molecule has 0 unspecified atom stereocenters. The zero-order valence-corrected chi connectivity index (χ0v) is 14.5. The quantitative estimate of drug-likeness (QED) is 0.579. The summed E-state index contributed by atoms with van der Waals surface area (Å²) in [7, 11) is 0. The number of para-hydroxylation sites is 1. The lowest BCUT2D eigenvalue weighted by atomic mass is 10.1. The SMILES string of the molecule is ClCc1nnc2n1-c1cc(Br)ccc1N1CCc3cccc-2c31. The van der Waals surface area contributed by atoms with E-state index in [1.54, 1.807) is 0 Å². The molecule has 6 heteroatoms. The van der Waals surface area contributed by atoms with Crippen LogP contribution in [0.25, 0.3) is 17.1 Å². The summed E-state index contributed by atoms with van der Waals surface area (Å²) in [4.78, 5) is 2.39. The number of hydrogen-bond donors (Lipinski definition) is 0. The molecule has 2 aliphatic heterocycles. The average molecular weight is 388 g/mol. The molecular weight excluding hydrogens is 376 g/mol. The van der Waals surface area contributed by atoms with Crippen LogP contribution in [0.1, 0.15) is 11.4 Å². The van der Waals surface area contributed by atoms with Crippen LogP contribution >= 0.6 is 27.5 Å². The third-order valence-corrected chi connectivity index (χ3v) is 5.29. The number of halogens is 2. The van der Waals surface area contributed by atoms with E-state index < -0.39 is 0 Å². The first-order chi connectivity index (χ1) is 11.3. The summed E-state index contributed by atoms with van der Waals surface area (Å²) in [5.74, 6) is 1.95. The van der Waals surface area contributed by atoms with E-state index in [1.165, 1.54) is 16.9 Å². The van der Waals surface area contributed by atoms with Gasteiger partial charge in [-0.15, -0.1) is 21.8 Å². The zero-order valence-electron chi connectivity index (χ0n) is 12.1. The summed E-state index contributed by atoms with van der Waals surface area (Å²) in [5, 5.41) is 8.76. The van der Waals surface area contributed by atoms with Gasteiger partial charge >= 0.3 is 0 Å². The molecule has 0 atom stereocenters. The van der Waals surface area contributed by atoms with Crippen molar-refractivity contribution in [3.63, 3.8) is 0 Å². The van der Waals surface area contributed by atoms with Gasteiger partial charge in [0.25, 0.3) is 0 Å². The number of fused-ring (bicyclic) bond motifs is 5. The Morgan fingerprint density at radius 1 is 1.13 bits per heavy atom. The Hall–Kier alpha value is -1.85. The van der Waals surface area contributed by atoms with Crippen molar-refractivity contribution in [3.05, 3.63) is 52.3 Å². The van der Waals surface area contributed by atoms with Crippen molar-refractivity contribution in [3.8, 4) is 17.1 Å². The van der Waals surface area contributed by atoms with Crippen molar-refractivity contribution >= 4 is 38.9 Å². The highest BCUT2D eigenvalue weighted by atomic mass is 79.9. The van der Waals surface area contributed by atoms with E-state index in [0.29, 0.717) is 5.88 Å². The normalized spacial score (nSPS) is 14.3. The Kier molecular flexibility index (Phi) is 2.85. The van der Waals surface area contributed by atoms with Gasteiger partial charge in [-0.25, -0.2) is 0 Å². The summed E-state index contributed by atoms with van der Waals surface area (Å²) < 4.78 is 3.11. The van der Waals surface area contributed by atoms with Gasteiger partial charge in [-0.05, 0) is 36.2 Å². The van der Waals surface area contributed by atoms with Gasteiger partial charge in [0, 0.05) is 16.6 Å². The highest BCUT2D eigenvalue weighted by Crippen LogP contribution is 2.47. The van der Waals surface area contributed by atoms with Crippen molar-refractivity contribution in [2.75, 3.05) is 11.4 Å². The fourth-order valence-corrected chi connectivity index (χ4v) is 4.13. The lowest BCUT2D eigenvalue weighted by Crippen LogP contribution is -2.15. The van der Waals surface area contributed by atoms with E-state index in [0.717, 1.165) is 40.3 Å². The maximum Gasteiger partial charge on any atom is 0.170 e. The highest BCUT2D eigenvalue weighted by Gasteiger charge is 2.32. The van der Waals surface area contributed by atoms with Crippen LogP contribution < -0.4 is 4.90 Å². The third kappa shape index (κ3) is 1.78. The topological polar surface area (TPSA) is 34.0 Å². The molecule has 0 amide bonds. The van der Waals surface area contributed by atoms with Crippen molar-refractivity contribution in [2.24, 2.45) is 0 Å². The first kappa shape index (κ1) is 13.6. The first-order valence-electron chi connectivity index (χ1n) is 7.48. The van der Waals surface area contributed by atoms with Crippen molar-refractivity contribution in [2.45, 2.75) is 12.3 Å². The molecular formula is C17H12BrClN4. The predicted molar refractivity (Wildman–Crippen MR) is 94.8 cm³/mol. The van der Waals surface area contributed by atoms with Crippen LogP contribution in [-0.2, 0) is 12.3 Å². The van der Waals surface area contributed by atoms with E-state index in [9.17, 15) is 0 Å². The predicted octanol–water partition coefficient (Wildman–Crippen LogP) is 4.44. The standard InChI is InChI=1S/C17H12BrClN4/c18-11-4-5-13-14(8-11)23-15(9-19)20-21-17(23)12-3-1-2-10-6-7-22(13)16(10)12/h1-5,8H,6-7,9H2. The minimum Gasteiger partial charge on any atom is -0.339 e. The smallest absolute Gasteiger partial charge is 0.170 e. The Balaban J connectivity index is 1.96. The monoisotopic (exact) mass is 386 g/mol. The lowest BCUT2D eigenvalue weighted by molar-refractivity contribution is 0.939. The molecule has 0 radical (unpaired) electrons. The Morgan fingerprint density at radius 2 is 2.04 bits per heavy atom. The van der Waals surface area contributed by atoms with Crippen LogP contribution in [0.3, 0.4) is 0 Å². The number of nitrogens with zero attached hydrogens (tertiary/aromatic N) is 4. The van der Waals surface area contributed by atoms with E-state index >= 15 is 0 Å². The van der Waals surface area contributed by atoms with Gasteiger partial charge in [-0.3, -0.25) is 4.57 Å². The highest BCUT2D eigenvalue weighted by molar-refractivity contribution is 9.10. The van der Waals surface area contributed by atoms with Gasteiger partial charge < -0.3 is 4.90 Å². The Morgan fingerprint density at radius 3 is 2.91 bits per heavy atom. The lowest BCUT2D eigenvalue weighted by Gasteiger charge is -2.22. The molecule has 0 spiro atoms. The summed E-state index contributed by atoms with van der Waals surface area (Å²) in [6.07, 6.45) is 1.05. The van der Waals surface area contributed by atoms with E-state index in [1.807, 2.05) is 0 Å². The fourth-order valence-electron chi connectivity index (χ4n) is 3.61. The number of alkyl halides is 1. The Bertz CT molecular complexity index is 950. The van der Waals surface area contributed by atoms with E-state index in [4.69, 9.17) is 11.6 Å². The minimum absolute atomic E-state index is 0.327. The van der Waals surface area contributed by atoms with Gasteiger partial charge in [0.1, 0.15) is 0 Å². The Labute approximate surface area is 146 Å². The molecule has 0 aliphatic carbocycles. The van der Waals surface area contributed by atoms with Gasteiger partial charge in [0.2, 0.25) is 0 Å². The van der Waals surface area contributed by atoms with E-state index in [2.05, 4.69) is 72.0 Å². The zero-order chi connectivity index (χ0) is 15.6. The molecule has 2 aliphatic rings. The van der Waals surface area contributed by atoms with Crippen LogP contribution in [0.4, 0.5) is 11.4 Å². The molecule has 4 nitrogen and oxygen atoms in total. The van der Waals surface area contributed by atoms with Crippen LogP contribution in [0.2, 0.25) is 0 Å². The summed E-state index contributed by atoms with van der Waals surface area (Å²) in [6, 6.07) is 12.8. The molecule has 0 saturated heterocycles. The number of hydrogen-bond acceptors (Lipinski definition) is 3.